The van der Waals surface area contributed by atoms with Crippen LogP contribution in [0.15, 0.2) is 67.0 Å². The van der Waals surface area contributed by atoms with Crippen LogP contribution in [-0.2, 0) is 6.54 Å². The first-order chi connectivity index (χ1) is 17.1. The first-order valence-electron chi connectivity index (χ1n) is 12.0. The van der Waals surface area contributed by atoms with Gasteiger partial charge in [-0.3, -0.25) is 10.2 Å². The number of benzene rings is 2. The summed E-state index contributed by atoms with van der Waals surface area (Å²) in [5, 5.41) is 11.7. The molecule has 1 saturated heterocycles. The first-order valence-corrected chi connectivity index (χ1v) is 12.0. The summed E-state index contributed by atoms with van der Waals surface area (Å²) in [6.45, 7) is 3.04. The van der Waals surface area contributed by atoms with Gasteiger partial charge in [0.25, 0.3) is 5.91 Å². The highest BCUT2D eigenvalue weighted by Crippen LogP contribution is 2.22. The molecule has 0 spiro atoms. The molecule has 0 atom stereocenters. The lowest BCUT2D eigenvalue weighted by Crippen LogP contribution is -2.30. The van der Waals surface area contributed by atoms with Gasteiger partial charge in [-0.25, -0.2) is 9.97 Å². The van der Waals surface area contributed by atoms with Gasteiger partial charge in [-0.05, 0) is 43.5 Å². The molecule has 5 rings (SSSR count). The number of fused-ring (bicyclic) bond motifs is 1. The molecule has 1 amide bonds. The highest BCUT2D eigenvalue weighted by atomic mass is 16.1. The fraction of sp³-hybridized carbons (Fsp3) is 0.259. The van der Waals surface area contributed by atoms with Gasteiger partial charge in [0, 0.05) is 66.2 Å². The molecule has 178 valence electrons. The van der Waals surface area contributed by atoms with E-state index in [1.54, 1.807) is 6.20 Å². The van der Waals surface area contributed by atoms with Crippen LogP contribution in [0.1, 0.15) is 35.2 Å². The third kappa shape index (κ3) is 4.87. The van der Waals surface area contributed by atoms with Gasteiger partial charge < -0.3 is 20.5 Å². The summed E-state index contributed by atoms with van der Waals surface area (Å²) in [6.07, 6.45) is 7.29. The molecule has 8 nitrogen and oxygen atoms in total. The summed E-state index contributed by atoms with van der Waals surface area (Å²) < 4.78 is 2.02. The molecule has 8 heteroatoms. The third-order valence-corrected chi connectivity index (χ3v) is 6.44. The first kappa shape index (κ1) is 22.6. The molecule has 2 aromatic heterocycles. The van der Waals surface area contributed by atoms with E-state index in [0.29, 0.717) is 24.2 Å². The molecule has 2 aromatic carbocycles. The van der Waals surface area contributed by atoms with E-state index in [1.807, 2.05) is 65.4 Å². The number of hydrogen-bond donors (Lipinski definition) is 3. The Morgan fingerprint density at radius 2 is 1.80 bits per heavy atom. The second-order valence-electron chi connectivity index (χ2n) is 8.79. The van der Waals surface area contributed by atoms with Gasteiger partial charge in [0.15, 0.2) is 0 Å². The van der Waals surface area contributed by atoms with Crippen molar-refractivity contribution in [3.63, 3.8) is 0 Å². The Morgan fingerprint density at radius 3 is 2.57 bits per heavy atom. The zero-order valence-electron chi connectivity index (χ0n) is 19.6. The molecule has 3 heterocycles. The number of nitrogens with zero attached hydrogens (tertiary/aromatic N) is 4. The minimum absolute atomic E-state index is 0.0378. The van der Waals surface area contributed by atoms with E-state index in [1.165, 1.54) is 19.3 Å². The van der Waals surface area contributed by atoms with Gasteiger partial charge in [0.1, 0.15) is 5.84 Å². The van der Waals surface area contributed by atoms with Crippen molar-refractivity contribution in [3.8, 4) is 11.3 Å². The molecule has 1 aliphatic heterocycles. The predicted molar refractivity (Wildman–Crippen MR) is 139 cm³/mol. The fourth-order valence-electron chi connectivity index (χ4n) is 4.59. The normalized spacial score (nSPS) is 13.7. The van der Waals surface area contributed by atoms with Crippen LogP contribution < -0.4 is 16.0 Å². The monoisotopic (exact) mass is 467 g/mol. The Kier molecular flexibility index (Phi) is 6.43. The highest BCUT2D eigenvalue weighted by molar-refractivity contribution is 6.07. The van der Waals surface area contributed by atoms with Gasteiger partial charge in [-0.15, -0.1) is 0 Å². The van der Waals surface area contributed by atoms with Crippen molar-refractivity contribution in [1.29, 1.82) is 5.41 Å². The predicted octanol–water partition coefficient (Wildman–Crippen LogP) is 3.80. The van der Waals surface area contributed by atoms with Gasteiger partial charge in [0.05, 0.1) is 5.69 Å². The van der Waals surface area contributed by atoms with Crippen molar-refractivity contribution in [2.75, 3.05) is 24.5 Å². The van der Waals surface area contributed by atoms with E-state index in [4.69, 9.17) is 16.1 Å². The number of amidine groups is 1. The summed E-state index contributed by atoms with van der Waals surface area (Å²) in [4.78, 5) is 24.2. The van der Waals surface area contributed by atoms with Crippen LogP contribution in [0.2, 0.25) is 0 Å². The van der Waals surface area contributed by atoms with E-state index in [-0.39, 0.29) is 11.7 Å². The lowest BCUT2D eigenvalue weighted by atomic mass is 10.1. The summed E-state index contributed by atoms with van der Waals surface area (Å²) in [7, 11) is 0. The number of nitrogen functional groups attached to an aromatic ring is 1. The molecule has 4 N–H and O–H groups in total. The number of nitrogens with two attached hydrogens (primary N) is 1. The van der Waals surface area contributed by atoms with E-state index in [9.17, 15) is 4.79 Å². The molecule has 0 aliphatic carbocycles. The molecule has 35 heavy (non-hydrogen) atoms. The van der Waals surface area contributed by atoms with Gasteiger partial charge >= 0.3 is 0 Å². The minimum atomic E-state index is -0.128. The largest absolute Gasteiger partial charge is 0.384 e. The zero-order valence-corrected chi connectivity index (χ0v) is 19.6. The van der Waals surface area contributed by atoms with E-state index in [0.717, 1.165) is 41.2 Å². The molecule has 0 unspecified atom stereocenters. The molecular weight excluding hydrogens is 438 g/mol. The van der Waals surface area contributed by atoms with Crippen molar-refractivity contribution in [3.05, 3.63) is 78.1 Å². The second kappa shape index (κ2) is 9.97. The molecular formula is C27H29N7O. The third-order valence-electron chi connectivity index (χ3n) is 6.44. The van der Waals surface area contributed by atoms with Crippen molar-refractivity contribution in [2.45, 2.75) is 25.8 Å². The van der Waals surface area contributed by atoms with E-state index >= 15 is 0 Å². The number of aromatic nitrogens is 3. The van der Waals surface area contributed by atoms with E-state index < -0.39 is 0 Å². The summed E-state index contributed by atoms with van der Waals surface area (Å²) in [5.74, 6) is 0.682. The Morgan fingerprint density at radius 1 is 1.03 bits per heavy atom. The number of anilines is 1. The summed E-state index contributed by atoms with van der Waals surface area (Å²) in [5.41, 5.74) is 9.84. The second-order valence-corrected chi connectivity index (χ2v) is 8.79. The van der Waals surface area contributed by atoms with Crippen molar-refractivity contribution in [2.24, 2.45) is 5.73 Å². The molecule has 0 bridgehead atoms. The van der Waals surface area contributed by atoms with Crippen LogP contribution >= 0.6 is 0 Å². The van der Waals surface area contributed by atoms with E-state index in [2.05, 4.69) is 15.2 Å². The number of piperidine rings is 1. The topological polar surface area (TPSA) is 113 Å². The lowest BCUT2D eigenvalue weighted by molar-refractivity contribution is 0.0952. The summed E-state index contributed by atoms with van der Waals surface area (Å²) >= 11 is 0. The average molecular weight is 468 g/mol. The van der Waals surface area contributed by atoms with Crippen LogP contribution in [0.5, 0.6) is 0 Å². The average Bonchev–Trinajstić information content (AvgIpc) is 3.28. The van der Waals surface area contributed by atoms with Gasteiger partial charge in [-0.1, -0.05) is 30.3 Å². The Hall–Kier alpha value is -4.20. The molecule has 0 saturated carbocycles. The number of hydrogen-bond acceptors (Lipinski definition) is 5. The fourth-order valence-corrected chi connectivity index (χ4v) is 4.59. The maximum absolute atomic E-state index is 12.7. The SMILES string of the molecule is N=C(N)c1cn(CCNC(=O)c2ccc(-c3ccnc(N4CCCCC4)n3)cc2)c2ccccc12. The van der Waals surface area contributed by atoms with Gasteiger partial charge in [-0.2, -0.15) is 0 Å². The van der Waals surface area contributed by atoms with Crippen molar-refractivity contribution >= 4 is 28.6 Å². The van der Waals surface area contributed by atoms with Gasteiger partial charge in [0.2, 0.25) is 5.95 Å². The van der Waals surface area contributed by atoms with Crippen molar-refractivity contribution in [1.82, 2.24) is 19.9 Å². The zero-order chi connectivity index (χ0) is 24.2. The number of nitrogens with one attached hydrogen (secondary N) is 2. The van der Waals surface area contributed by atoms with Crippen LogP contribution in [0.25, 0.3) is 22.2 Å². The lowest BCUT2D eigenvalue weighted by Gasteiger charge is -2.26. The Labute approximate surface area is 204 Å². The standard InChI is InChI=1S/C27H29N7O/c28-25(29)22-18-34(24-7-3-2-6-21(22)24)17-14-30-26(35)20-10-8-19(9-11-20)23-12-13-31-27(32-23)33-15-4-1-5-16-33/h2-3,6-13,18H,1,4-5,14-17H2,(H3,28,29)(H,30,35). The summed E-state index contributed by atoms with van der Waals surface area (Å²) in [6, 6.07) is 17.2. The number of carbonyl (C=O) groups excluding carboxylic acids is 1. The minimum Gasteiger partial charge on any atom is -0.384 e. The van der Waals surface area contributed by atoms with Crippen molar-refractivity contribution < 1.29 is 4.79 Å². The molecule has 1 fully saturated rings. The Bertz CT molecular complexity index is 1350. The number of carbonyl (C=O) groups is 1. The van der Waals surface area contributed by atoms with Crippen LogP contribution in [0.3, 0.4) is 0 Å². The van der Waals surface area contributed by atoms with Crippen LogP contribution in [0, 0.1) is 5.41 Å². The highest BCUT2D eigenvalue weighted by Gasteiger charge is 2.15. The number of amides is 1. The Balaban J connectivity index is 1.23. The maximum Gasteiger partial charge on any atom is 0.251 e. The molecule has 0 radical (unpaired) electrons. The molecule has 4 aromatic rings. The van der Waals surface area contributed by atoms with Crippen LogP contribution in [-0.4, -0.2) is 45.9 Å². The smallest absolute Gasteiger partial charge is 0.251 e. The maximum atomic E-state index is 12.7. The van der Waals surface area contributed by atoms with Crippen LogP contribution in [0.4, 0.5) is 5.95 Å². The number of para-hydroxylation sites is 1. The quantitative estimate of drug-likeness (QED) is 0.283. The number of rotatable bonds is 7. The molecule has 1 aliphatic rings.